The van der Waals surface area contributed by atoms with Crippen molar-refractivity contribution in [3.8, 4) is 0 Å². The van der Waals surface area contributed by atoms with E-state index in [-0.39, 0.29) is 12.6 Å². The number of rotatable bonds is 4. The van der Waals surface area contributed by atoms with Gasteiger partial charge in [0.15, 0.2) is 0 Å². The van der Waals surface area contributed by atoms with Gasteiger partial charge in [0.25, 0.3) is 5.91 Å². The van der Waals surface area contributed by atoms with Gasteiger partial charge in [-0.1, -0.05) is 23.8 Å². The third-order valence-electron chi connectivity index (χ3n) is 5.08. The summed E-state index contributed by atoms with van der Waals surface area (Å²) < 4.78 is 0. The number of carbonyl (C=O) groups excluding carboxylic acids is 4. The van der Waals surface area contributed by atoms with Gasteiger partial charge < -0.3 is 4.90 Å². The standard InChI is InChI=1S/C20H20N4O4S/c1-14-4-6-15(7-5-14)24-19(27)18(26)23(20(24)28)13-21-8-10-22(11-9-21)17(25)16-3-2-12-29-16/h2-7,12H,8-11,13H2,1H3. The van der Waals surface area contributed by atoms with Gasteiger partial charge in [0.05, 0.1) is 17.2 Å². The lowest BCUT2D eigenvalue weighted by molar-refractivity contribution is -0.140. The van der Waals surface area contributed by atoms with Gasteiger partial charge in [-0.2, -0.15) is 0 Å². The van der Waals surface area contributed by atoms with Crippen molar-refractivity contribution in [3.05, 3.63) is 52.2 Å². The summed E-state index contributed by atoms with van der Waals surface area (Å²) in [5.74, 6) is -1.67. The molecule has 2 fully saturated rings. The van der Waals surface area contributed by atoms with Crippen molar-refractivity contribution < 1.29 is 19.2 Å². The summed E-state index contributed by atoms with van der Waals surface area (Å²) in [6.07, 6.45) is 0. The lowest BCUT2D eigenvalue weighted by atomic mass is 10.2. The molecule has 0 atom stereocenters. The molecule has 0 bridgehead atoms. The van der Waals surface area contributed by atoms with Crippen LogP contribution in [0.15, 0.2) is 41.8 Å². The van der Waals surface area contributed by atoms with Crippen molar-refractivity contribution in [2.45, 2.75) is 6.92 Å². The number of amides is 5. The minimum absolute atomic E-state index is 0.00583. The second-order valence-corrected chi connectivity index (χ2v) is 7.97. The number of anilines is 1. The smallest absolute Gasteiger partial charge is 0.335 e. The van der Waals surface area contributed by atoms with E-state index in [0.29, 0.717) is 36.7 Å². The molecule has 2 saturated heterocycles. The average Bonchev–Trinajstić information content (AvgIpc) is 3.33. The van der Waals surface area contributed by atoms with E-state index in [9.17, 15) is 19.2 Å². The number of aryl methyl sites for hydroxylation is 1. The van der Waals surface area contributed by atoms with Crippen LogP contribution in [0.5, 0.6) is 0 Å². The van der Waals surface area contributed by atoms with Gasteiger partial charge >= 0.3 is 17.8 Å². The fraction of sp³-hybridized carbons (Fsp3) is 0.300. The Bertz CT molecular complexity index is 949. The normalized spacial score (nSPS) is 18.1. The quantitative estimate of drug-likeness (QED) is 0.565. The van der Waals surface area contributed by atoms with Gasteiger partial charge in [0.1, 0.15) is 0 Å². The molecule has 29 heavy (non-hydrogen) atoms. The van der Waals surface area contributed by atoms with E-state index < -0.39 is 17.8 Å². The maximum Gasteiger partial charge on any atom is 0.340 e. The van der Waals surface area contributed by atoms with Crippen LogP contribution >= 0.6 is 11.3 Å². The summed E-state index contributed by atoms with van der Waals surface area (Å²) in [4.78, 5) is 56.2. The van der Waals surface area contributed by atoms with Crippen molar-refractivity contribution in [1.29, 1.82) is 0 Å². The Kier molecular flexibility index (Phi) is 5.16. The van der Waals surface area contributed by atoms with Crippen LogP contribution in [0.1, 0.15) is 15.2 Å². The molecule has 0 aliphatic carbocycles. The van der Waals surface area contributed by atoms with Gasteiger partial charge in [-0.05, 0) is 30.5 Å². The number of hydrogen-bond acceptors (Lipinski definition) is 6. The summed E-state index contributed by atoms with van der Waals surface area (Å²) in [5.41, 5.74) is 1.37. The zero-order valence-corrected chi connectivity index (χ0v) is 16.7. The number of nitrogens with zero attached hydrogens (tertiary/aromatic N) is 4. The summed E-state index contributed by atoms with van der Waals surface area (Å²) in [5, 5.41) is 1.87. The molecular weight excluding hydrogens is 392 g/mol. The van der Waals surface area contributed by atoms with Crippen LogP contribution < -0.4 is 4.90 Å². The van der Waals surface area contributed by atoms with Gasteiger partial charge in [0, 0.05) is 26.2 Å². The molecule has 0 N–H and O–H groups in total. The van der Waals surface area contributed by atoms with Crippen LogP contribution in [-0.2, 0) is 9.59 Å². The van der Waals surface area contributed by atoms with Crippen LogP contribution in [0.4, 0.5) is 10.5 Å². The van der Waals surface area contributed by atoms with Crippen molar-refractivity contribution in [2.75, 3.05) is 37.7 Å². The molecule has 1 aromatic carbocycles. The fourth-order valence-corrected chi connectivity index (χ4v) is 4.09. The monoisotopic (exact) mass is 412 g/mol. The van der Waals surface area contributed by atoms with Crippen molar-refractivity contribution in [3.63, 3.8) is 0 Å². The Morgan fingerprint density at radius 1 is 0.966 bits per heavy atom. The Morgan fingerprint density at radius 2 is 1.66 bits per heavy atom. The minimum atomic E-state index is -0.842. The van der Waals surface area contributed by atoms with E-state index in [1.165, 1.54) is 11.3 Å². The molecule has 150 valence electrons. The highest BCUT2D eigenvalue weighted by Gasteiger charge is 2.46. The molecule has 0 radical (unpaired) electrons. The van der Waals surface area contributed by atoms with Gasteiger partial charge in [-0.3, -0.25) is 19.3 Å². The number of piperazine rings is 1. The topological polar surface area (TPSA) is 81.2 Å². The molecule has 4 rings (SSSR count). The number of hydrogen-bond donors (Lipinski definition) is 0. The molecule has 0 saturated carbocycles. The number of benzene rings is 1. The SMILES string of the molecule is Cc1ccc(N2C(=O)C(=O)N(CN3CCN(C(=O)c4cccs4)CC3)C2=O)cc1. The van der Waals surface area contributed by atoms with E-state index in [1.54, 1.807) is 35.2 Å². The molecule has 8 nitrogen and oxygen atoms in total. The zero-order chi connectivity index (χ0) is 20.5. The van der Waals surface area contributed by atoms with Crippen LogP contribution in [0.25, 0.3) is 0 Å². The first-order valence-electron chi connectivity index (χ1n) is 9.27. The predicted octanol–water partition coefficient (Wildman–Crippen LogP) is 1.77. The van der Waals surface area contributed by atoms with E-state index in [2.05, 4.69) is 0 Å². The van der Waals surface area contributed by atoms with Crippen molar-refractivity contribution >= 4 is 40.8 Å². The lowest BCUT2D eigenvalue weighted by Gasteiger charge is -2.35. The second-order valence-electron chi connectivity index (χ2n) is 7.02. The zero-order valence-electron chi connectivity index (χ0n) is 15.9. The molecule has 5 amide bonds. The fourth-order valence-electron chi connectivity index (χ4n) is 3.40. The molecule has 0 unspecified atom stereocenters. The highest BCUT2D eigenvalue weighted by Crippen LogP contribution is 2.23. The van der Waals surface area contributed by atoms with E-state index >= 15 is 0 Å². The average molecular weight is 412 g/mol. The molecule has 1 aromatic heterocycles. The Hall–Kier alpha value is -3.04. The van der Waals surface area contributed by atoms with Crippen LogP contribution in [-0.4, -0.2) is 71.3 Å². The third kappa shape index (κ3) is 3.66. The Labute approximate surface area is 171 Å². The summed E-state index contributed by atoms with van der Waals surface area (Å²) in [6, 6.07) is 9.87. The van der Waals surface area contributed by atoms with Crippen LogP contribution in [0, 0.1) is 6.92 Å². The lowest BCUT2D eigenvalue weighted by Crippen LogP contribution is -2.52. The molecule has 2 aromatic rings. The van der Waals surface area contributed by atoms with Gasteiger partial charge in [-0.25, -0.2) is 14.6 Å². The Balaban J connectivity index is 1.39. The molecule has 0 spiro atoms. The maximum atomic E-state index is 12.7. The van der Waals surface area contributed by atoms with E-state index in [4.69, 9.17) is 0 Å². The van der Waals surface area contributed by atoms with Crippen molar-refractivity contribution in [1.82, 2.24) is 14.7 Å². The van der Waals surface area contributed by atoms with Gasteiger partial charge in [0.2, 0.25) is 0 Å². The summed E-state index contributed by atoms with van der Waals surface area (Å²) >= 11 is 1.41. The summed E-state index contributed by atoms with van der Waals surface area (Å²) in [7, 11) is 0. The first-order chi connectivity index (χ1) is 14.0. The number of carbonyl (C=O) groups is 4. The molecule has 3 heterocycles. The van der Waals surface area contributed by atoms with Gasteiger partial charge in [-0.15, -0.1) is 11.3 Å². The molecule has 9 heteroatoms. The summed E-state index contributed by atoms with van der Waals surface area (Å²) in [6.45, 7) is 3.98. The Morgan fingerprint density at radius 3 is 2.28 bits per heavy atom. The molecule has 2 aliphatic heterocycles. The largest absolute Gasteiger partial charge is 0.340 e. The minimum Gasteiger partial charge on any atom is -0.335 e. The van der Waals surface area contributed by atoms with E-state index in [1.807, 2.05) is 23.3 Å². The van der Waals surface area contributed by atoms with Crippen molar-refractivity contribution in [2.24, 2.45) is 0 Å². The highest BCUT2D eigenvalue weighted by molar-refractivity contribution is 7.12. The number of urea groups is 1. The van der Waals surface area contributed by atoms with E-state index in [0.717, 1.165) is 15.4 Å². The first-order valence-corrected chi connectivity index (χ1v) is 10.2. The molecular formula is C20H20N4O4S. The number of imide groups is 2. The predicted molar refractivity (Wildman–Crippen MR) is 108 cm³/mol. The third-order valence-corrected chi connectivity index (χ3v) is 5.94. The second kappa shape index (κ2) is 7.76. The first kappa shape index (κ1) is 19.3. The highest BCUT2D eigenvalue weighted by atomic mass is 32.1. The number of thiophene rings is 1. The van der Waals surface area contributed by atoms with Crippen LogP contribution in [0.3, 0.4) is 0 Å². The maximum absolute atomic E-state index is 12.7. The molecule has 2 aliphatic rings. The van der Waals surface area contributed by atoms with Crippen LogP contribution in [0.2, 0.25) is 0 Å².